The number of carboxylic acid groups (broad SMARTS) is 1. The first-order valence-electron chi connectivity index (χ1n) is 8.36. The summed E-state index contributed by atoms with van der Waals surface area (Å²) in [6.45, 7) is 8.81. The summed E-state index contributed by atoms with van der Waals surface area (Å²) in [5.74, 6) is -0.567. The molecule has 1 atom stereocenters. The number of carbonyl (C=O) groups is 1. The maximum absolute atomic E-state index is 11.6. The number of nitrogens with zero attached hydrogens (tertiary/aromatic N) is 1. The molecule has 20 heavy (non-hydrogen) atoms. The van der Waals surface area contributed by atoms with Crippen LogP contribution in [0, 0.1) is 10.8 Å². The summed E-state index contributed by atoms with van der Waals surface area (Å²) in [6, 6.07) is 0.687. The standard InChI is InChI=1S/C17H31NO2/c1-4-7-17(15(19)20)9-11-18(12-10-17)14-6-5-8-16(2,3)13-14/h14H,4-13H2,1-3H3,(H,19,20). The van der Waals surface area contributed by atoms with E-state index in [0.717, 1.165) is 38.8 Å². The highest BCUT2D eigenvalue weighted by Crippen LogP contribution is 2.41. The molecule has 0 aromatic heterocycles. The second-order valence-corrected chi connectivity index (χ2v) is 7.79. The molecule has 2 rings (SSSR count). The van der Waals surface area contributed by atoms with E-state index in [1.807, 2.05) is 0 Å². The smallest absolute Gasteiger partial charge is 0.309 e. The second-order valence-electron chi connectivity index (χ2n) is 7.79. The highest BCUT2D eigenvalue weighted by atomic mass is 16.4. The SMILES string of the molecule is CCCC1(C(=O)O)CCN(C2CCCC(C)(C)C2)CC1. The van der Waals surface area contributed by atoms with E-state index in [2.05, 4.69) is 25.7 Å². The molecule has 0 spiro atoms. The average Bonchev–Trinajstić information content (AvgIpc) is 2.38. The molecule has 1 saturated carbocycles. The van der Waals surface area contributed by atoms with E-state index in [0.29, 0.717) is 11.5 Å². The molecule has 116 valence electrons. The van der Waals surface area contributed by atoms with Crippen molar-refractivity contribution in [2.75, 3.05) is 13.1 Å². The fraction of sp³-hybridized carbons (Fsp3) is 0.941. The van der Waals surface area contributed by atoms with Crippen LogP contribution in [0.25, 0.3) is 0 Å². The van der Waals surface area contributed by atoms with Gasteiger partial charge >= 0.3 is 5.97 Å². The number of likely N-dealkylation sites (tertiary alicyclic amines) is 1. The Bertz CT molecular complexity index is 343. The van der Waals surface area contributed by atoms with Crippen LogP contribution < -0.4 is 0 Å². The Morgan fingerprint density at radius 3 is 2.40 bits per heavy atom. The van der Waals surface area contributed by atoms with Crippen molar-refractivity contribution in [3.63, 3.8) is 0 Å². The first-order chi connectivity index (χ1) is 9.38. The number of piperidine rings is 1. The van der Waals surface area contributed by atoms with Crippen LogP contribution in [0.5, 0.6) is 0 Å². The summed E-state index contributed by atoms with van der Waals surface area (Å²) in [5, 5.41) is 9.58. The molecule has 0 aromatic carbocycles. The Labute approximate surface area is 123 Å². The molecule has 2 fully saturated rings. The van der Waals surface area contributed by atoms with Crippen molar-refractivity contribution < 1.29 is 9.90 Å². The van der Waals surface area contributed by atoms with Gasteiger partial charge in [-0.3, -0.25) is 4.79 Å². The minimum atomic E-state index is -0.567. The summed E-state index contributed by atoms with van der Waals surface area (Å²) >= 11 is 0. The number of hydrogen-bond donors (Lipinski definition) is 1. The molecule has 2 aliphatic rings. The van der Waals surface area contributed by atoms with Crippen LogP contribution in [0.15, 0.2) is 0 Å². The van der Waals surface area contributed by atoms with Crippen LogP contribution >= 0.6 is 0 Å². The predicted octanol–water partition coefficient (Wildman–Crippen LogP) is 3.92. The minimum absolute atomic E-state index is 0.435. The Morgan fingerprint density at radius 1 is 1.25 bits per heavy atom. The van der Waals surface area contributed by atoms with Gasteiger partial charge in [-0.05, 0) is 57.0 Å². The van der Waals surface area contributed by atoms with Crippen LogP contribution in [0.4, 0.5) is 0 Å². The van der Waals surface area contributed by atoms with Gasteiger partial charge in [0.2, 0.25) is 0 Å². The highest BCUT2D eigenvalue weighted by Gasteiger charge is 2.42. The van der Waals surface area contributed by atoms with Gasteiger partial charge in [0.1, 0.15) is 0 Å². The van der Waals surface area contributed by atoms with Crippen molar-refractivity contribution in [1.29, 1.82) is 0 Å². The quantitative estimate of drug-likeness (QED) is 0.849. The molecule has 0 radical (unpaired) electrons. The normalized spacial score (nSPS) is 30.1. The van der Waals surface area contributed by atoms with Gasteiger partial charge in [0.05, 0.1) is 5.41 Å². The molecule has 1 unspecified atom stereocenters. The van der Waals surface area contributed by atoms with Crippen molar-refractivity contribution in [1.82, 2.24) is 4.90 Å². The molecule has 3 nitrogen and oxygen atoms in total. The number of aliphatic carboxylic acids is 1. The Hall–Kier alpha value is -0.570. The Balaban J connectivity index is 1.95. The van der Waals surface area contributed by atoms with Gasteiger partial charge in [0.25, 0.3) is 0 Å². The molecule has 1 saturated heterocycles. The van der Waals surface area contributed by atoms with Crippen molar-refractivity contribution in [3.05, 3.63) is 0 Å². The van der Waals surface area contributed by atoms with E-state index in [4.69, 9.17) is 0 Å². The zero-order valence-electron chi connectivity index (χ0n) is 13.5. The topological polar surface area (TPSA) is 40.5 Å². The summed E-state index contributed by atoms with van der Waals surface area (Å²) in [5.41, 5.74) is 0.0309. The van der Waals surface area contributed by atoms with Crippen molar-refractivity contribution >= 4 is 5.97 Å². The number of carboxylic acids is 1. The first kappa shape index (κ1) is 15.8. The van der Waals surface area contributed by atoms with E-state index in [-0.39, 0.29) is 0 Å². The van der Waals surface area contributed by atoms with Gasteiger partial charge in [0.15, 0.2) is 0 Å². The van der Waals surface area contributed by atoms with Crippen LogP contribution in [0.3, 0.4) is 0 Å². The van der Waals surface area contributed by atoms with Crippen molar-refractivity contribution in [2.45, 2.75) is 78.2 Å². The fourth-order valence-electron chi connectivity index (χ4n) is 4.34. The molecule has 1 N–H and O–H groups in total. The molecule has 1 aliphatic carbocycles. The van der Waals surface area contributed by atoms with Crippen LogP contribution in [-0.4, -0.2) is 35.1 Å². The van der Waals surface area contributed by atoms with Gasteiger partial charge in [-0.2, -0.15) is 0 Å². The van der Waals surface area contributed by atoms with Gasteiger partial charge in [-0.15, -0.1) is 0 Å². The first-order valence-corrected chi connectivity index (χ1v) is 8.36. The zero-order valence-corrected chi connectivity index (χ0v) is 13.5. The predicted molar refractivity (Wildman–Crippen MR) is 81.8 cm³/mol. The van der Waals surface area contributed by atoms with E-state index in [1.54, 1.807) is 0 Å². The molecule has 0 aromatic rings. The maximum Gasteiger partial charge on any atom is 0.309 e. The lowest BCUT2D eigenvalue weighted by Gasteiger charge is -2.46. The Kier molecular flexibility index (Phi) is 4.78. The molecule has 3 heteroatoms. The molecule has 1 aliphatic heterocycles. The van der Waals surface area contributed by atoms with Crippen LogP contribution in [0.2, 0.25) is 0 Å². The Morgan fingerprint density at radius 2 is 1.90 bits per heavy atom. The monoisotopic (exact) mass is 281 g/mol. The minimum Gasteiger partial charge on any atom is -0.481 e. The lowest BCUT2D eigenvalue weighted by atomic mass is 9.72. The third kappa shape index (κ3) is 3.36. The summed E-state index contributed by atoms with van der Waals surface area (Å²) in [7, 11) is 0. The highest BCUT2D eigenvalue weighted by molar-refractivity contribution is 5.74. The maximum atomic E-state index is 11.6. The molecule has 0 amide bonds. The molecule has 0 bridgehead atoms. The van der Waals surface area contributed by atoms with Crippen LogP contribution in [-0.2, 0) is 4.79 Å². The summed E-state index contributed by atoms with van der Waals surface area (Å²) in [4.78, 5) is 14.2. The van der Waals surface area contributed by atoms with Gasteiger partial charge in [-0.1, -0.05) is 33.6 Å². The van der Waals surface area contributed by atoms with E-state index < -0.39 is 11.4 Å². The second kappa shape index (κ2) is 6.05. The molecular weight excluding hydrogens is 250 g/mol. The van der Waals surface area contributed by atoms with Gasteiger partial charge in [-0.25, -0.2) is 0 Å². The summed E-state index contributed by atoms with van der Waals surface area (Å²) < 4.78 is 0. The lowest BCUT2D eigenvalue weighted by Crippen LogP contribution is -2.50. The van der Waals surface area contributed by atoms with Gasteiger partial charge in [0, 0.05) is 6.04 Å². The van der Waals surface area contributed by atoms with Crippen molar-refractivity contribution in [2.24, 2.45) is 10.8 Å². The molecular formula is C17H31NO2. The molecule has 1 heterocycles. The largest absolute Gasteiger partial charge is 0.481 e. The van der Waals surface area contributed by atoms with Crippen LogP contribution in [0.1, 0.15) is 72.1 Å². The van der Waals surface area contributed by atoms with E-state index >= 15 is 0 Å². The fourth-order valence-corrected chi connectivity index (χ4v) is 4.34. The lowest BCUT2D eigenvalue weighted by molar-refractivity contribution is -0.153. The van der Waals surface area contributed by atoms with E-state index in [9.17, 15) is 9.90 Å². The zero-order chi connectivity index (χ0) is 14.8. The van der Waals surface area contributed by atoms with E-state index in [1.165, 1.54) is 25.7 Å². The third-order valence-corrected chi connectivity index (χ3v) is 5.63. The van der Waals surface area contributed by atoms with Crippen molar-refractivity contribution in [3.8, 4) is 0 Å². The van der Waals surface area contributed by atoms with Gasteiger partial charge < -0.3 is 10.0 Å². The summed E-state index contributed by atoms with van der Waals surface area (Å²) in [6.07, 6.45) is 8.74. The average molecular weight is 281 g/mol. The number of hydrogen-bond acceptors (Lipinski definition) is 2. The third-order valence-electron chi connectivity index (χ3n) is 5.63. The number of rotatable bonds is 4.